The molecule has 3 rings (SSSR count). The average molecular weight is 332 g/mol. The van der Waals surface area contributed by atoms with Gasteiger partial charge in [-0.15, -0.1) is 0 Å². The fraction of sp³-hybridized carbons (Fsp3) is 0.438. The van der Waals surface area contributed by atoms with Crippen molar-refractivity contribution < 1.29 is 9.53 Å². The van der Waals surface area contributed by atoms with E-state index in [9.17, 15) is 4.79 Å². The minimum atomic E-state index is -0.235. The van der Waals surface area contributed by atoms with Crippen molar-refractivity contribution in [2.45, 2.75) is 12.5 Å². The summed E-state index contributed by atoms with van der Waals surface area (Å²) < 4.78 is 5.85. The number of hydrogen-bond acceptors (Lipinski definition) is 6. The summed E-state index contributed by atoms with van der Waals surface area (Å²) in [6, 6.07) is 1.99. The molecule has 1 aliphatic heterocycles. The largest absolute Gasteiger partial charge is 0.368 e. The molecule has 1 fully saturated rings. The van der Waals surface area contributed by atoms with Gasteiger partial charge >= 0.3 is 0 Å². The number of nitrogens with zero attached hydrogens (tertiary/aromatic N) is 4. The molecule has 0 saturated carbocycles. The second-order valence-electron chi connectivity index (χ2n) is 5.67. The molecule has 0 aliphatic carbocycles. The lowest BCUT2D eigenvalue weighted by Crippen LogP contribution is -2.43. The Labute approximate surface area is 139 Å². The first kappa shape index (κ1) is 15.9. The number of hydrogen-bond donors (Lipinski definition) is 0. The third kappa shape index (κ3) is 3.68. The number of aromatic nitrogens is 2. The fourth-order valence-electron chi connectivity index (χ4n) is 2.63. The van der Waals surface area contributed by atoms with Crippen molar-refractivity contribution in [1.82, 2.24) is 14.9 Å². The van der Waals surface area contributed by atoms with Gasteiger partial charge in [0, 0.05) is 33.0 Å². The number of thiophene rings is 1. The summed E-state index contributed by atoms with van der Waals surface area (Å²) in [6.45, 7) is 1.66. The third-order valence-corrected chi connectivity index (χ3v) is 4.52. The van der Waals surface area contributed by atoms with E-state index in [1.165, 1.54) is 0 Å². The Morgan fingerprint density at radius 2 is 2.26 bits per heavy atom. The Balaban J connectivity index is 1.72. The molecule has 1 amide bonds. The molecule has 0 N–H and O–H groups in total. The van der Waals surface area contributed by atoms with Gasteiger partial charge in [-0.1, -0.05) is 0 Å². The predicted octanol–water partition coefficient (Wildman–Crippen LogP) is 1.75. The average Bonchev–Trinajstić information content (AvgIpc) is 3.08. The topological polar surface area (TPSA) is 58.6 Å². The van der Waals surface area contributed by atoms with E-state index in [1.54, 1.807) is 23.7 Å². The van der Waals surface area contributed by atoms with E-state index < -0.39 is 0 Å². The van der Waals surface area contributed by atoms with Crippen LogP contribution in [0.4, 0.5) is 5.82 Å². The van der Waals surface area contributed by atoms with E-state index in [0.29, 0.717) is 26.1 Å². The molecule has 1 saturated heterocycles. The zero-order valence-corrected chi connectivity index (χ0v) is 14.1. The van der Waals surface area contributed by atoms with Crippen LogP contribution in [0.1, 0.15) is 17.4 Å². The standard InChI is InChI=1S/C16H20N4O2S/c1-19(2)16-15(17-4-5-18-16)13-10-20(6-7-22-13)14(21)9-12-3-8-23-11-12/h3-5,8,11,13H,6-7,9-10H2,1-2H3. The number of anilines is 1. The minimum Gasteiger partial charge on any atom is -0.368 e. The Morgan fingerprint density at radius 1 is 1.43 bits per heavy atom. The van der Waals surface area contributed by atoms with Crippen LogP contribution in [0.5, 0.6) is 0 Å². The molecule has 0 radical (unpaired) electrons. The van der Waals surface area contributed by atoms with Crippen molar-refractivity contribution in [1.29, 1.82) is 0 Å². The van der Waals surface area contributed by atoms with Crippen molar-refractivity contribution in [3.8, 4) is 0 Å². The van der Waals surface area contributed by atoms with Gasteiger partial charge in [-0.05, 0) is 22.4 Å². The highest BCUT2D eigenvalue weighted by molar-refractivity contribution is 7.07. The van der Waals surface area contributed by atoms with Gasteiger partial charge in [-0.2, -0.15) is 11.3 Å². The lowest BCUT2D eigenvalue weighted by Gasteiger charge is -2.33. The Morgan fingerprint density at radius 3 is 3.00 bits per heavy atom. The van der Waals surface area contributed by atoms with Crippen molar-refractivity contribution in [2.24, 2.45) is 0 Å². The van der Waals surface area contributed by atoms with Crippen molar-refractivity contribution >= 4 is 23.1 Å². The molecule has 3 heterocycles. The SMILES string of the molecule is CN(C)c1nccnc1C1CN(C(=O)Cc2ccsc2)CCO1. The summed E-state index contributed by atoms with van der Waals surface area (Å²) in [5, 5.41) is 4.01. The molecule has 122 valence electrons. The van der Waals surface area contributed by atoms with E-state index >= 15 is 0 Å². The third-order valence-electron chi connectivity index (χ3n) is 3.79. The first-order chi connectivity index (χ1) is 11.1. The summed E-state index contributed by atoms with van der Waals surface area (Å²) in [7, 11) is 3.85. The molecule has 1 aliphatic rings. The molecular formula is C16H20N4O2S. The highest BCUT2D eigenvalue weighted by Gasteiger charge is 2.28. The quantitative estimate of drug-likeness (QED) is 0.854. The maximum atomic E-state index is 12.5. The fourth-order valence-corrected chi connectivity index (χ4v) is 3.30. The van der Waals surface area contributed by atoms with Gasteiger partial charge in [-0.3, -0.25) is 9.78 Å². The van der Waals surface area contributed by atoms with Crippen LogP contribution in [0.15, 0.2) is 29.2 Å². The predicted molar refractivity (Wildman–Crippen MR) is 89.7 cm³/mol. The van der Waals surface area contributed by atoms with Gasteiger partial charge in [0.05, 0.1) is 19.6 Å². The first-order valence-electron chi connectivity index (χ1n) is 7.54. The van der Waals surface area contributed by atoms with Crippen LogP contribution in [0.3, 0.4) is 0 Å². The number of amides is 1. The first-order valence-corrected chi connectivity index (χ1v) is 8.48. The maximum Gasteiger partial charge on any atom is 0.227 e. The normalized spacial score (nSPS) is 18.0. The minimum absolute atomic E-state index is 0.131. The summed E-state index contributed by atoms with van der Waals surface area (Å²) in [4.78, 5) is 25.1. The molecule has 0 bridgehead atoms. The van der Waals surface area contributed by atoms with E-state index in [4.69, 9.17) is 4.74 Å². The van der Waals surface area contributed by atoms with Crippen molar-refractivity contribution in [3.05, 3.63) is 40.5 Å². The molecule has 2 aromatic rings. The zero-order chi connectivity index (χ0) is 16.2. The van der Waals surface area contributed by atoms with Gasteiger partial charge in [0.1, 0.15) is 11.8 Å². The highest BCUT2D eigenvalue weighted by atomic mass is 32.1. The van der Waals surface area contributed by atoms with Gasteiger partial charge < -0.3 is 14.5 Å². The van der Waals surface area contributed by atoms with E-state index in [0.717, 1.165) is 17.1 Å². The summed E-state index contributed by atoms with van der Waals surface area (Å²) >= 11 is 1.61. The van der Waals surface area contributed by atoms with Gasteiger partial charge in [-0.25, -0.2) is 4.98 Å². The molecule has 23 heavy (non-hydrogen) atoms. The lowest BCUT2D eigenvalue weighted by molar-refractivity contribution is -0.138. The number of ether oxygens (including phenoxy) is 1. The highest BCUT2D eigenvalue weighted by Crippen LogP contribution is 2.26. The molecule has 2 aromatic heterocycles. The second-order valence-corrected chi connectivity index (χ2v) is 6.45. The summed E-state index contributed by atoms with van der Waals surface area (Å²) in [5.41, 5.74) is 1.85. The number of morpholine rings is 1. The van der Waals surface area contributed by atoms with Crippen LogP contribution in [0.2, 0.25) is 0 Å². The maximum absolute atomic E-state index is 12.5. The van der Waals surface area contributed by atoms with E-state index in [1.807, 2.05) is 40.7 Å². The summed E-state index contributed by atoms with van der Waals surface area (Å²) in [5.74, 6) is 0.914. The lowest BCUT2D eigenvalue weighted by atomic mass is 10.1. The molecule has 0 spiro atoms. The van der Waals surface area contributed by atoms with Crippen LogP contribution < -0.4 is 4.90 Å². The summed E-state index contributed by atoms with van der Waals surface area (Å²) in [6.07, 6.45) is 3.54. The Bertz CT molecular complexity index is 660. The van der Waals surface area contributed by atoms with Crippen LogP contribution >= 0.6 is 11.3 Å². The number of rotatable bonds is 4. The number of carbonyl (C=O) groups is 1. The second kappa shape index (κ2) is 7.06. The molecular weight excluding hydrogens is 312 g/mol. The van der Waals surface area contributed by atoms with Gasteiger partial charge in [0.15, 0.2) is 5.82 Å². The monoisotopic (exact) mass is 332 g/mol. The van der Waals surface area contributed by atoms with Gasteiger partial charge in [0.2, 0.25) is 5.91 Å². The van der Waals surface area contributed by atoms with E-state index in [2.05, 4.69) is 9.97 Å². The molecule has 1 atom stereocenters. The Hall–Kier alpha value is -1.99. The molecule has 1 unspecified atom stereocenters. The molecule has 6 nitrogen and oxygen atoms in total. The smallest absolute Gasteiger partial charge is 0.227 e. The zero-order valence-electron chi connectivity index (χ0n) is 13.3. The van der Waals surface area contributed by atoms with Crippen LogP contribution in [0, 0.1) is 0 Å². The molecule has 0 aromatic carbocycles. The number of carbonyl (C=O) groups excluding carboxylic acids is 1. The van der Waals surface area contributed by atoms with Crippen LogP contribution in [0.25, 0.3) is 0 Å². The van der Waals surface area contributed by atoms with Crippen molar-refractivity contribution in [3.63, 3.8) is 0 Å². The van der Waals surface area contributed by atoms with Crippen molar-refractivity contribution in [2.75, 3.05) is 38.7 Å². The molecule has 7 heteroatoms. The van der Waals surface area contributed by atoms with Crippen LogP contribution in [-0.2, 0) is 16.0 Å². The van der Waals surface area contributed by atoms with E-state index in [-0.39, 0.29) is 12.0 Å². The van der Waals surface area contributed by atoms with Gasteiger partial charge in [0.25, 0.3) is 0 Å². The van der Waals surface area contributed by atoms with Crippen LogP contribution in [-0.4, -0.2) is 54.6 Å². The Kier molecular flexibility index (Phi) is 4.88.